The van der Waals surface area contributed by atoms with Crippen LogP contribution >= 0.6 is 11.8 Å². The minimum atomic E-state index is 0.617. The number of imidazole rings is 1. The highest BCUT2D eigenvalue weighted by Crippen LogP contribution is 2.31. The molecule has 2 aliphatic rings. The van der Waals surface area contributed by atoms with Gasteiger partial charge in [0.25, 0.3) is 0 Å². The molecule has 1 aromatic rings. The van der Waals surface area contributed by atoms with Crippen LogP contribution in [0.1, 0.15) is 42.6 Å². The van der Waals surface area contributed by atoms with Crippen molar-refractivity contribution in [2.24, 2.45) is 0 Å². The molecule has 2 saturated heterocycles. The number of hydrogen-bond donors (Lipinski definition) is 2. The lowest BCUT2D eigenvalue weighted by Crippen LogP contribution is -2.10. The van der Waals surface area contributed by atoms with Gasteiger partial charge in [-0.25, -0.2) is 4.98 Å². The fraction of sp³-hybridized carbons (Fsp3) is 0.750. The molecule has 2 fully saturated rings. The van der Waals surface area contributed by atoms with Gasteiger partial charge in [0.15, 0.2) is 0 Å². The first kappa shape index (κ1) is 10.7. The number of hydrogen-bond acceptors (Lipinski definition) is 3. The van der Waals surface area contributed by atoms with Crippen molar-refractivity contribution in [2.45, 2.75) is 31.1 Å². The van der Waals surface area contributed by atoms with E-state index in [9.17, 15) is 0 Å². The minimum absolute atomic E-state index is 0.617. The molecule has 0 radical (unpaired) electrons. The van der Waals surface area contributed by atoms with Gasteiger partial charge in [-0.2, -0.15) is 11.8 Å². The van der Waals surface area contributed by atoms with Crippen molar-refractivity contribution in [1.29, 1.82) is 0 Å². The maximum atomic E-state index is 4.57. The summed E-state index contributed by atoms with van der Waals surface area (Å²) in [7, 11) is 0. The van der Waals surface area contributed by atoms with Crippen LogP contribution in [0.4, 0.5) is 0 Å². The van der Waals surface area contributed by atoms with E-state index in [1.165, 1.54) is 42.3 Å². The van der Waals surface area contributed by atoms with Gasteiger partial charge < -0.3 is 10.3 Å². The second-order valence-corrected chi connectivity index (χ2v) is 6.02. The Morgan fingerprint density at radius 1 is 1.19 bits per heavy atom. The predicted octanol–water partition coefficient (Wildman–Crippen LogP) is 2.10. The van der Waals surface area contributed by atoms with Crippen LogP contribution in [-0.4, -0.2) is 34.6 Å². The molecule has 4 heteroatoms. The molecule has 3 nitrogen and oxygen atoms in total. The van der Waals surface area contributed by atoms with Crippen LogP contribution in [-0.2, 0) is 0 Å². The van der Waals surface area contributed by atoms with Gasteiger partial charge in [0.2, 0.25) is 0 Å². The van der Waals surface area contributed by atoms with Gasteiger partial charge in [0.1, 0.15) is 5.82 Å². The van der Waals surface area contributed by atoms with Crippen LogP contribution in [0.5, 0.6) is 0 Å². The Morgan fingerprint density at radius 3 is 2.81 bits per heavy atom. The quantitative estimate of drug-likeness (QED) is 0.827. The van der Waals surface area contributed by atoms with Gasteiger partial charge in [-0.15, -0.1) is 0 Å². The fourth-order valence-electron chi connectivity index (χ4n) is 2.66. The van der Waals surface area contributed by atoms with Crippen molar-refractivity contribution < 1.29 is 0 Å². The van der Waals surface area contributed by atoms with Gasteiger partial charge >= 0.3 is 0 Å². The van der Waals surface area contributed by atoms with Gasteiger partial charge in [-0.05, 0) is 37.3 Å². The first-order valence-corrected chi connectivity index (χ1v) is 7.42. The molecule has 0 aromatic carbocycles. The molecule has 2 aliphatic heterocycles. The Morgan fingerprint density at radius 2 is 2.06 bits per heavy atom. The zero-order valence-corrected chi connectivity index (χ0v) is 10.4. The van der Waals surface area contributed by atoms with Gasteiger partial charge in [-0.3, -0.25) is 0 Å². The van der Waals surface area contributed by atoms with E-state index in [0.29, 0.717) is 5.92 Å². The number of H-pyrrole nitrogens is 1. The Bertz CT molecular complexity index is 338. The normalized spacial score (nSPS) is 27.4. The highest BCUT2D eigenvalue weighted by atomic mass is 32.2. The van der Waals surface area contributed by atoms with Crippen LogP contribution in [0.3, 0.4) is 0 Å². The molecule has 1 atom stereocenters. The third-order valence-corrected chi connectivity index (χ3v) is 4.77. The third-order valence-electron chi connectivity index (χ3n) is 3.72. The van der Waals surface area contributed by atoms with Crippen LogP contribution in [0.25, 0.3) is 0 Å². The number of nitrogens with zero attached hydrogens (tertiary/aromatic N) is 1. The van der Waals surface area contributed by atoms with E-state index in [0.717, 1.165) is 19.0 Å². The van der Waals surface area contributed by atoms with Crippen molar-refractivity contribution in [3.8, 4) is 0 Å². The molecular formula is C12H19N3S. The number of nitrogens with one attached hydrogen (secondary N) is 2. The van der Waals surface area contributed by atoms with Crippen molar-refractivity contribution in [1.82, 2.24) is 15.3 Å². The average Bonchev–Trinajstić information content (AvgIpc) is 3.01. The number of rotatable bonds is 2. The Hall–Kier alpha value is -0.480. The molecule has 3 heterocycles. The standard InChI is InChI=1S/C12H19N3S/c1-4-13-7-10(1)12-14-8-11(15-12)9-2-5-16-6-3-9/h8-10,13H,1-7H2,(H,14,15). The predicted molar refractivity (Wildman–Crippen MR) is 68.1 cm³/mol. The van der Waals surface area contributed by atoms with Crippen LogP contribution < -0.4 is 5.32 Å². The SMILES string of the molecule is c1nc(C2CCNC2)[nH]c1C1CCSCC1. The molecule has 88 valence electrons. The summed E-state index contributed by atoms with van der Waals surface area (Å²) in [4.78, 5) is 8.14. The molecule has 16 heavy (non-hydrogen) atoms. The maximum Gasteiger partial charge on any atom is 0.110 e. The van der Waals surface area contributed by atoms with E-state index in [2.05, 4.69) is 33.2 Å². The summed E-state index contributed by atoms with van der Waals surface area (Å²) in [6.07, 6.45) is 5.94. The zero-order valence-electron chi connectivity index (χ0n) is 9.54. The maximum absolute atomic E-state index is 4.57. The molecule has 2 N–H and O–H groups in total. The molecule has 0 aliphatic carbocycles. The Kier molecular flexibility index (Phi) is 3.20. The summed E-state index contributed by atoms with van der Waals surface area (Å²) in [5.74, 6) is 5.18. The zero-order chi connectivity index (χ0) is 10.8. The topological polar surface area (TPSA) is 40.7 Å². The minimum Gasteiger partial charge on any atom is -0.345 e. The average molecular weight is 237 g/mol. The van der Waals surface area contributed by atoms with Gasteiger partial charge in [0.05, 0.1) is 0 Å². The summed E-state index contributed by atoms with van der Waals surface area (Å²) < 4.78 is 0. The summed E-state index contributed by atoms with van der Waals surface area (Å²) in [5, 5.41) is 3.40. The molecule has 1 unspecified atom stereocenters. The lowest BCUT2D eigenvalue weighted by atomic mass is 10.00. The summed E-state index contributed by atoms with van der Waals surface area (Å²) >= 11 is 2.08. The highest BCUT2D eigenvalue weighted by molar-refractivity contribution is 7.99. The lowest BCUT2D eigenvalue weighted by Gasteiger charge is -2.19. The van der Waals surface area contributed by atoms with Crippen molar-refractivity contribution in [2.75, 3.05) is 24.6 Å². The monoisotopic (exact) mass is 237 g/mol. The van der Waals surface area contributed by atoms with Gasteiger partial charge in [0, 0.05) is 30.3 Å². The second kappa shape index (κ2) is 4.80. The first-order chi connectivity index (χ1) is 7.93. The third kappa shape index (κ3) is 2.13. The van der Waals surface area contributed by atoms with Crippen LogP contribution in [0.15, 0.2) is 6.20 Å². The van der Waals surface area contributed by atoms with Crippen molar-refractivity contribution in [3.05, 3.63) is 17.7 Å². The fourth-order valence-corrected chi connectivity index (χ4v) is 3.77. The van der Waals surface area contributed by atoms with E-state index in [4.69, 9.17) is 0 Å². The van der Waals surface area contributed by atoms with E-state index < -0.39 is 0 Å². The van der Waals surface area contributed by atoms with E-state index in [1.807, 2.05) is 0 Å². The van der Waals surface area contributed by atoms with Crippen LogP contribution in [0, 0.1) is 0 Å². The lowest BCUT2D eigenvalue weighted by molar-refractivity contribution is 0.616. The molecule has 3 rings (SSSR count). The molecule has 1 aromatic heterocycles. The molecule has 0 spiro atoms. The molecule has 0 amide bonds. The van der Waals surface area contributed by atoms with E-state index in [-0.39, 0.29) is 0 Å². The number of aromatic amines is 1. The van der Waals surface area contributed by atoms with Crippen molar-refractivity contribution >= 4 is 11.8 Å². The smallest absolute Gasteiger partial charge is 0.110 e. The Labute approximate surface area is 101 Å². The molecule has 0 bridgehead atoms. The van der Waals surface area contributed by atoms with Crippen molar-refractivity contribution in [3.63, 3.8) is 0 Å². The highest BCUT2D eigenvalue weighted by Gasteiger charge is 2.22. The summed E-state index contributed by atoms with van der Waals surface area (Å²) in [5.41, 5.74) is 1.38. The second-order valence-electron chi connectivity index (χ2n) is 4.80. The number of thioether (sulfide) groups is 1. The first-order valence-electron chi connectivity index (χ1n) is 6.27. The van der Waals surface area contributed by atoms with Crippen LogP contribution in [0.2, 0.25) is 0 Å². The largest absolute Gasteiger partial charge is 0.345 e. The van der Waals surface area contributed by atoms with Gasteiger partial charge in [-0.1, -0.05) is 0 Å². The summed E-state index contributed by atoms with van der Waals surface area (Å²) in [6.45, 7) is 2.23. The summed E-state index contributed by atoms with van der Waals surface area (Å²) in [6, 6.07) is 0. The van der Waals surface area contributed by atoms with E-state index in [1.54, 1.807) is 0 Å². The van der Waals surface area contributed by atoms with E-state index >= 15 is 0 Å². The number of aromatic nitrogens is 2. The molecular weight excluding hydrogens is 218 g/mol. The Balaban J connectivity index is 1.71. The molecule has 0 saturated carbocycles.